The third-order valence-electron chi connectivity index (χ3n) is 1.76. The zero-order valence-electron chi connectivity index (χ0n) is 7.42. The lowest BCUT2D eigenvalue weighted by molar-refractivity contribution is 0.497. The van der Waals surface area contributed by atoms with Crippen LogP contribution < -0.4 is 4.90 Å². The first kappa shape index (κ1) is 8.97. The van der Waals surface area contributed by atoms with Gasteiger partial charge in [0.05, 0.1) is 11.9 Å². The summed E-state index contributed by atoms with van der Waals surface area (Å²) in [6.07, 6.45) is 1.75. The van der Waals surface area contributed by atoms with Crippen molar-refractivity contribution in [1.82, 2.24) is 4.98 Å². The smallest absolute Gasteiger partial charge is 0.107 e. The van der Waals surface area contributed by atoms with Crippen molar-refractivity contribution in [2.45, 2.75) is 6.92 Å². The first-order valence-corrected chi connectivity index (χ1v) is 3.94. The number of aryl methyl sites for hydroxylation is 1. The van der Waals surface area contributed by atoms with Gasteiger partial charge in [0.15, 0.2) is 0 Å². The number of hydrogen-bond acceptors (Lipinski definition) is 2. The zero-order chi connectivity index (χ0) is 8.97. The van der Waals surface area contributed by atoms with Gasteiger partial charge in [-0.05, 0) is 19.1 Å². The molecule has 0 aromatic carbocycles. The van der Waals surface area contributed by atoms with Crippen molar-refractivity contribution in [1.29, 1.82) is 0 Å². The van der Waals surface area contributed by atoms with Crippen LogP contribution in [0.5, 0.6) is 0 Å². The van der Waals surface area contributed by atoms with E-state index in [1.54, 1.807) is 6.20 Å². The van der Waals surface area contributed by atoms with Gasteiger partial charge in [-0.3, -0.25) is 4.98 Å². The van der Waals surface area contributed by atoms with Crippen LogP contribution >= 0.6 is 0 Å². The first-order chi connectivity index (χ1) is 5.74. The van der Waals surface area contributed by atoms with E-state index in [9.17, 15) is 4.39 Å². The standard InChI is InChI=1S/C9H13FN2/c1-8-3-4-9(7-11-8)12(2)6-5-10/h3-4,7H,5-6H2,1-2H3. The second-order valence-electron chi connectivity index (χ2n) is 2.77. The Hall–Kier alpha value is -1.12. The van der Waals surface area contributed by atoms with Gasteiger partial charge < -0.3 is 4.90 Å². The van der Waals surface area contributed by atoms with Gasteiger partial charge in [-0.25, -0.2) is 4.39 Å². The number of alkyl halides is 1. The predicted molar refractivity (Wildman–Crippen MR) is 48.2 cm³/mol. The number of anilines is 1. The van der Waals surface area contributed by atoms with Crippen molar-refractivity contribution >= 4 is 5.69 Å². The highest BCUT2D eigenvalue weighted by molar-refractivity contribution is 5.43. The molecule has 0 amide bonds. The van der Waals surface area contributed by atoms with E-state index in [4.69, 9.17) is 0 Å². The van der Waals surface area contributed by atoms with Gasteiger partial charge in [-0.2, -0.15) is 0 Å². The molecule has 2 nitrogen and oxygen atoms in total. The summed E-state index contributed by atoms with van der Waals surface area (Å²) in [7, 11) is 1.85. The SMILES string of the molecule is Cc1ccc(N(C)CCF)cn1. The van der Waals surface area contributed by atoms with E-state index >= 15 is 0 Å². The van der Waals surface area contributed by atoms with Crippen LogP contribution in [-0.4, -0.2) is 25.3 Å². The van der Waals surface area contributed by atoms with Crippen molar-refractivity contribution in [3.63, 3.8) is 0 Å². The lowest BCUT2D eigenvalue weighted by Crippen LogP contribution is -2.19. The van der Waals surface area contributed by atoms with Gasteiger partial charge >= 0.3 is 0 Å². The summed E-state index contributed by atoms with van der Waals surface area (Å²) in [5.41, 5.74) is 1.94. The molecular formula is C9H13FN2. The van der Waals surface area contributed by atoms with Gasteiger partial charge in [-0.1, -0.05) is 0 Å². The van der Waals surface area contributed by atoms with Crippen LogP contribution in [0.15, 0.2) is 18.3 Å². The molecule has 0 atom stereocenters. The van der Waals surface area contributed by atoms with Crippen LogP contribution in [0.4, 0.5) is 10.1 Å². The molecule has 0 spiro atoms. The molecule has 0 radical (unpaired) electrons. The number of rotatable bonds is 3. The monoisotopic (exact) mass is 168 g/mol. The third-order valence-corrected chi connectivity index (χ3v) is 1.76. The summed E-state index contributed by atoms with van der Waals surface area (Å²) in [6, 6.07) is 3.86. The van der Waals surface area contributed by atoms with Crippen LogP contribution in [0.25, 0.3) is 0 Å². The van der Waals surface area contributed by atoms with Gasteiger partial charge in [0.25, 0.3) is 0 Å². The van der Waals surface area contributed by atoms with Crippen molar-refractivity contribution in [3.8, 4) is 0 Å². The van der Waals surface area contributed by atoms with Crippen molar-refractivity contribution in [2.75, 3.05) is 25.2 Å². The van der Waals surface area contributed by atoms with Crippen molar-refractivity contribution in [2.24, 2.45) is 0 Å². The van der Waals surface area contributed by atoms with Gasteiger partial charge in [0.1, 0.15) is 6.67 Å². The van der Waals surface area contributed by atoms with Crippen LogP contribution in [0.2, 0.25) is 0 Å². The molecular weight excluding hydrogens is 155 g/mol. The Labute approximate surface area is 72.0 Å². The second-order valence-corrected chi connectivity index (χ2v) is 2.77. The van der Waals surface area contributed by atoms with E-state index in [0.717, 1.165) is 11.4 Å². The number of pyridine rings is 1. The van der Waals surface area contributed by atoms with Crippen molar-refractivity contribution in [3.05, 3.63) is 24.0 Å². The summed E-state index contributed by atoms with van der Waals surface area (Å²) in [5.74, 6) is 0. The molecule has 0 aliphatic heterocycles. The minimum Gasteiger partial charge on any atom is -0.371 e. The minimum absolute atomic E-state index is 0.329. The van der Waals surface area contributed by atoms with Crippen molar-refractivity contribution < 1.29 is 4.39 Å². The largest absolute Gasteiger partial charge is 0.371 e. The number of nitrogens with zero attached hydrogens (tertiary/aromatic N) is 2. The molecule has 0 aliphatic rings. The molecule has 0 N–H and O–H groups in total. The molecule has 1 rings (SSSR count). The van der Waals surface area contributed by atoms with E-state index < -0.39 is 0 Å². The fourth-order valence-electron chi connectivity index (χ4n) is 0.942. The van der Waals surface area contributed by atoms with Crippen LogP contribution in [0.3, 0.4) is 0 Å². The Balaban J connectivity index is 2.68. The summed E-state index contributed by atoms with van der Waals surface area (Å²) in [4.78, 5) is 5.96. The Morgan fingerprint density at radius 3 is 2.75 bits per heavy atom. The number of aromatic nitrogens is 1. The highest BCUT2D eigenvalue weighted by Gasteiger charge is 1.98. The molecule has 0 unspecified atom stereocenters. The lowest BCUT2D eigenvalue weighted by atomic mass is 10.3. The van der Waals surface area contributed by atoms with E-state index in [1.807, 2.05) is 31.0 Å². The molecule has 1 heterocycles. The average molecular weight is 168 g/mol. The molecule has 66 valence electrons. The fourth-order valence-corrected chi connectivity index (χ4v) is 0.942. The molecule has 1 aromatic rings. The highest BCUT2D eigenvalue weighted by Crippen LogP contribution is 2.09. The molecule has 0 bridgehead atoms. The zero-order valence-corrected chi connectivity index (χ0v) is 7.42. The van der Waals surface area contributed by atoms with Gasteiger partial charge in [-0.15, -0.1) is 0 Å². The topological polar surface area (TPSA) is 16.1 Å². The predicted octanol–water partition coefficient (Wildman–Crippen LogP) is 1.80. The van der Waals surface area contributed by atoms with E-state index in [1.165, 1.54) is 0 Å². The maximum absolute atomic E-state index is 11.9. The molecule has 0 aliphatic carbocycles. The quantitative estimate of drug-likeness (QED) is 0.684. The van der Waals surface area contributed by atoms with E-state index in [0.29, 0.717) is 6.54 Å². The number of hydrogen-bond donors (Lipinski definition) is 0. The second kappa shape index (κ2) is 4.04. The molecule has 0 saturated heterocycles. The molecule has 3 heteroatoms. The van der Waals surface area contributed by atoms with Gasteiger partial charge in [0.2, 0.25) is 0 Å². The molecule has 0 saturated carbocycles. The summed E-state index contributed by atoms with van der Waals surface area (Å²) >= 11 is 0. The summed E-state index contributed by atoms with van der Waals surface area (Å²) in [5, 5.41) is 0. The average Bonchev–Trinajstić information content (AvgIpc) is 2.06. The van der Waals surface area contributed by atoms with Crippen LogP contribution in [-0.2, 0) is 0 Å². The van der Waals surface area contributed by atoms with Gasteiger partial charge in [0, 0.05) is 19.3 Å². The van der Waals surface area contributed by atoms with Crippen LogP contribution in [0.1, 0.15) is 5.69 Å². The molecule has 1 aromatic heterocycles. The molecule has 0 fully saturated rings. The van der Waals surface area contributed by atoms with E-state index in [-0.39, 0.29) is 6.67 Å². The lowest BCUT2D eigenvalue weighted by Gasteiger charge is -2.16. The fraction of sp³-hybridized carbons (Fsp3) is 0.444. The Kier molecular flexibility index (Phi) is 3.02. The van der Waals surface area contributed by atoms with Crippen LogP contribution in [0, 0.1) is 6.92 Å². The normalized spacial score (nSPS) is 9.92. The Morgan fingerprint density at radius 2 is 2.25 bits per heavy atom. The minimum atomic E-state index is -0.329. The molecule has 12 heavy (non-hydrogen) atoms. The first-order valence-electron chi connectivity index (χ1n) is 3.94. The maximum Gasteiger partial charge on any atom is 0.107 e. The summed E-state index contributed by atoms with van der Waals surface area (Å²) in [6.45, 7) is 2.02. The maximum atomic E-state index is 11.9. The third kappa shape index (κ3) is 2.19. The Bertz CT molecular complexity index is 233. The number of halogens is 1. The Morgan fingerprint density at radius 1 is 1.50 bits per heavy atom. The summed E-state index contributed by atoms with van der Waals surface area (Å²) < 4.78 is 11.9. The highest BCUT2D eigenvalue weighted by atomic mass is 19.1. The van der Waals surface area contributed by atoms with E-state index in [2.05, 4.69) is 4.98 Å².